The predicted octanol–water partition coefficient (Wildman–Crippen LogP) is 5.97. The van der Waals surface area contributed by atoms with Crippen molar-refractivity contribution in [1.29, 1.82) is 0 Å². The zero-order valence-electron chi connectivity index (χ0n) is 17.2. The van der Waals surface area contributed by atoms with Crippen LogP contribution in [-0.2, 0) is 14.6 Å². The highest BCUT2D eigenvalue weighted by atomic mass is 32.2. The minimum atomic E-state index is -0.686. The normalized spacial score (nSPS) is 14.8. The van der Waals surface area contributed by atoms with Crippen LogP contribution in [0.15, 0.2) is 46.4 Å². The van der Waals surface area contributed by atoms with Crippen molar-refractivity contribution in [3.05, 3.63) is 53.1 Å². The molecule has 0 saturated carbocycles. The number of ether oxygens (including phenoxy) is 2. The van der Waals surface area contributed by atoms with Gasteiger partial charge in [0.25, 0.3) is 0 Å². The van der Waals surface area contributed by atoms with Crippen LogP contribution in [0.5, 0.6) is 5.75 Å². The average molecular weight is 415 g/mol. The van der Waals surface area contributed by atoms with E-state index < -0.39 is 11.7 Å². The summed E-state index contributed by atoms with van der Waals surface area (Å²) in [7, 11) is 0. The molecule has 1 aliphatic heterocycles. The maximum atomic E-state index is 11.6. The number of fused-ring (bicyclic) bond motifs is 1. The largest absolute Gasteiger partial charge is 0.494 e. The van der Waals surface area contributed by atoms with Crippen molar-refractivity contribution in [1.82, 2.24) is 0 Å². The maximum Gasteiger partial charge on any atom is 0.412 e. The van der Waals surface area contributed by atoms with Gasteiger partial charge < -0.3 is 13.8 Å². The maximum absolute atomic E-state index is 11.6. The number of rotatable bonds is 8. The van der Waals surface area contributed by atoms with Gasteiger partial charge in [0.05, 0.1) is 17.2 Å². The van der Waals surface area contributed by atoms with Crippen LogP contribution in [0.4, 0.5) is 10.5 Å². The van der Waals surface area contributed by atoms with Gasteiger partial charge in [0.1, 0.15) is 23.4 Å². The molecule has 1 aliphatic rings. The minimum Gasteiger partial charge on any atom is -0.494 e. The Morgan fingerprint density at radius 2 is 2.00 bits per heavy atom. The van der Waals surface area contributed by atoms with E-state index in [1.54, 1.807) is 6.21 Å². The molecular formula is C22H26N2O4S. The summed E-state index contributed by atoms with van der Waals surface area (Å²) in [5.41, 5.74) is 3.46. The second-order valence-corrected chi connectivity index (χ2v) is 8.20. The SMILES string of the molecule is Cc1ccc(SON=CCCCOc2ccc3c(c2)C(C)(C)OC(=O)N3)cc1C. The van der Waals surface area contributed by atoms with E-state index in [-0.39, 0.29) is 0 Å². The average Bonchev–Trinajstić information content (AvgIpc) is 2.66. The van der Waals surface area contributed by atoms with Gasteiger partial charge in [-0.1, -0.05) is 11.2 Å². The fraction of sp³-hybridized carbons (Fsp3) is 0.364. The summed E-state index contributed by atoms with van der Waals surface area (Å²) < 4.78 is 16.4. The molecule has 0 spiro atoms. The number of nitrogens with one attached hydrogen (secondary N) is 1. The molecule has 0 radical (unpaired) electrons. The number of cyclic esters (lactones) is 1. The van der Waals surface area contributed by atoms with Gasteiger partial charge >= 0.3 is 6.09 Å². The van der Waals surface area contributed by atoms with E-state index in [0.29, 0.717) is 6.61 Å². The molecule has 2 aromatic rings. The van der Waals surface area contributed by atoms with Gasteiger partial charge in [0.2, 0.25) is 0 Å². The van der Waals surface area contributed by atoms with Crippen molar-refractivity contribution in [2.24, 2.45) is 5.16 Å². The van der Waals surface area contributed by atoms with Crippen LogP contribution in [-0.4, -0.2) is 18.9 Å². The highest BCUT2D eigenvalue weighted by Crippen LogP contribution is 2.37. The Kier molecular flexibility index (Phi) is 6.69. The summed E-state index contributed by atoms with van der Waals surface area (Å²) in [5.74, 6) is 0.745. The number of oxime groups is 1. The van der Waals surface area contributed by atoms with Crippen molar-refractivity contribution in [3.63, 3.8) is 0 Å². The number of carbonyl (C=O) groups is 1. The standard InChI is InChI=1S/C22H26N2O4S/c1-15-7-9-18(13-16(15)2)29-28-23-11-5-6-12-26-17-8-10-20-19(14-17)22(3,4)27-21(25)24-20/h7-11,13-14H,5-6,12H2,1-4H3,(H,24,25). The number of benzene rings is 2. The first-order valence-electron chi connectivity index (χ1n) is 9.55. The molecule has 7 heteroatoms. The second kappa shape index (κ2) is 9.22. The molecule has 0 aliphatic carbocycles. The first kappa shape index (κ1) is 21.0. The van der Waals surface area contributed by atoms with Gasteiger partial charge in [-0.25, -0.2) is 4.79 Å². The molecule has 0 atom stereocenters. The van der Waals surface area contributed by atoms with Crippen LogP contribution < -0.4 is 10.1 Å². The van der Waals surface area contributed by atoms with Crippen LogP contribution >= 0.6 is 12.0 Å². The lowest BCUT2D eigenvalue weighted by atomic mass is 9.94. The fourth-order valence-corrected chi connectivity index (χ4v) is 3.46. The van der Waals surface area contributed by atoms with Gasteiger partial charge in [0, 0.05) is 11.8 Å². The molecule has 1 amide bonds. The van der Waals surface area contributed by atoms with Crippen LogP contribution in [0.2, 0.25) is 0 Å². The van der Waals surface area contributed by atoms with Crippen molar-refractivity contribution in [2.45, 2.75) is 51.0 Å². The molecule has 1 N–H and O–H groups in total. The summed E-state index contributed by atoms with van der Waals surface area (Å²) in [6, 6.07) is 11.8. The lowest BCUT2D eigenvalue weighted by Gasteiger charge is -2.32. The van der Waals surface area contributed by atoms with Crippen LogP contribution in [0.25, 0.3) is 0 Å². The van der Waals surface area contributed by atoms with Crippen molar-refractivity contribution in [3.8, 4) is 5.75 Å². The Bertz CT molecular complexity index is 912. The lowest BCUT2D eigenvalue weighted by Crippen LogP contribution is -2.34. The molecule has 0 aromatic heterocycles. The van der Waals surface area contributed by atoms with Crippen molar-refractivity contribution in [2.75, 3.05) is 11.9 Å². The Morgan fingerprint density at radius 1 is 1.17 bits per heavy atom. The number of amides is 1. The second-order valence-electron chi connectivity index (χ2n) is 7.41. The summed E-state index contributed by atoms with van der Waals surface area (Å²) >= 11 is 1.25. The first-order chi connectivity index (χ1) is 13.8. The molecule has 1 heterocycles. The zero-order valence-corrected chi connectivity index (χ0v) is 18.0. The Morgan fingerprint density at radius 3 is 2.79 bits per heavy atom. The molecular weight excluding hydrogens is 388 g/mol. The molecule has 29 heavy (non-hydrogen) atoms. The Labute approximate surface area is 175 Å². The Hall–Kier alpha value is -2.67. The minimum absolute atomic E-state index is 0.437. The van der Waals surface area contributed by atoms with Gasteiger partial charge in [-0.2, -0.15) is 0 Å². The first-order valence-corrected chi connectivity index (χ1v) is 10.3. The predicted molar refractivity (Wildman–Crippen MR) is 116 cm³/mol. The zero-order chi connectivity index (χ0) is 20.9. The number of carbonyl (C=O) groups excluding carboxylic acids is 1. The van der Waals surface area contributed by atoms with Gasteiger partial charge in [0.15, 0.2) is 0 Å². The molecule has 154 valence electrons. The number of anilines is 1. The molecule has 0 bridgehead atoms. The molecule has 6 nitrogen and oxygen atoms in total. The highest BCUT2D eigenvalue weighted by molar-refractivity contribution is 7.94. The smallest absolute Gasteiger partial charge is 0.412 e. The number of aryl methyl sites for hydroxylation is 2. The fourth-order valence-electron chi connectivity index (χ4n) is 2.92. The van der Waals surface area contributed by atoms with Gasteiger partial charge in [-0.05, 0) is 82.0 Å². The highest BCUT2D eigenvalue weighted by Gasteiger charge is 2.33. The Balaban J connectivity index is 1.39. The van der Waals surface area contributed by atoms with E-state index in [0.717, 1.165) is 34.7 Å². The van der Waals surface area contributed by atoms with E-state index in [9.17, 15) is 4.79 Å². The van der Waals surface area contributed by atoms with Crippen LogP contribution in [0.1, 0.15) is 43.4 Å². The third-order valence-electron chi connectivity index (χ3n) is 4.70. The number of hydrogen-bond donors (Lipinski definition) is 1. The molecule has 0 unspecified atom stereocenters. The molecule has 0 fully saturated rings. The topological polar surface area (TPSA) is 69.1 Å². The quantitative estimate of drug-likeness (QED) is 0.249. The molecule has 3 rings (SSSR count). The number of nitrogens with zero attached hydrogens (tertiary/aromatic N) is 1. The molecule has 0 saturated heterocycles. The monoisotopic (exact) mass is 414 g/mol. The molecule has 2 aromatic carbocycles. The third kappa shape index (κ3) is 5.67. The van der Waals surface area contributed by atoms with Gasteiger partial charge in [-0.3, -0.25) is 5.32 Å². The number of hydrogen-bond acceptors (Lipinski definition) is 6. The van der Waals surface area contributed by atoms with Crippen molar-refractivity contribution >= 4 is 30.0 Å². The van der Waals surface area contributed by atoms with E-state index in [4.69, 9.17) is 13.8 Å². The summed E-state index contributed by atoms with van der Waals surface area (Å²) in [4.78, 5) is 12.6. The summed E-state index contributed by atoms with van der Waals surface area (Å²) in [5, 5.41) is 6.68. The van der Waals surface area contributed by atoms with E-state index in [1.165, 1.54) is 23.2 Å². The van der Waals surface area contributed by atoms with Crippen LogP contribution in [0, 0.1) is 13.8 Å². The van der Waals surface area contributed by atoms with E-state index in [1.807, 2.05) is 38.1 Å². The van der Waals surface area contributed by atoms with Crippen LogP contribution in [0.3, 0.4) is 0 Å². The van der Waals surface area contributed by atoms with E-state index >= 15 is 0 Å². The third-order valence-corrected chi connectivity index (χ3v) is 5.31. The summed E-state index contributed by atoms with van der Waals surface area (Å²) in [6.07, 6.45) is 2.88. The number of unbranched alkanes of at least 4 members (excludes halogenated alkanes) is 1. The van der Waals surface area contributed by atoms with Crippen molar-refractivity contribution < 1.29 is 18.6 Å². The van der Waals surface area contributed by atoms with E-state index in [2.05, 4.69) is 36.5 Å². The lowest BCUT2D eigenvalue weighted by molar-refractivity contribution is 0.0418. The summed E-state index contributed by atoms with van der Waals surface area (Å²) in [6.45, 7) is 8.45. The van der Waals surface area contributed by atoms with Gasteiger partial charge in [-0.15, -0.1) is 0 Å².